The molecule has 0 heterocycles. The van der Waals surface area contributed by atoms with E-state index in [9.17, 15) is 12.8 Å². The Morgan fingerprint density at radius 3 is 2.57 bits per heavy atom. The Labute approximate surface area is 127 Å². The van der Waals surface area contributed by atoms with Crippen molar-refractivity contribution in [2.24, 2.45) is 0 Å². The molecule has 1 atom stereocenters. The highest BCUT2D eigenvalue weighted by Crippen LogP contribution is 2.12. The molecule has 0 bridgehead atoms. The lowest BCUT2D eigenvalue weighted by Crippen LogP contribution is -2.32. The van der Waals surface area contributed by atoms with Gasteiger partial charge in [0.05, 0.1) is 5.75 Å². The summed E-state index contributed by atoms with van der Waals surface area (Å²) in [6.07, 6.45) is 2.96. The van der Waals surface area contributed by atoms with Crippen LogP contribution in [0.5, 0.6) is 0 Å². The third kappa shape index (κ3) is 7.05. The molecule has 0 saturated carbocycles. The Morgan fingerprint density at radius 2 is 1.95 bits per heavy atom. The van der Waals surface area contributed by atoms with Crippen LogP contribution in [0.25, 0.3) is 0 Å². The molecule has 0 aliphatic carbocycles. The molecule has 120 valence electrons. The second kappa shape index (κ2) is 9.15. The molecule has 1 aromatic rings. The first kappa shape index (κ1) is 18.1. The van der Waals surface area contributed by atoms with Crippen molar-refractivity contribution in [1.82, 2.24) is 5.32 Å². The van der Waals surface area contributed by atoms with Gasteiger partial charge in [-0.2, -0.15) is 0 Å². The second-order valence-corrected chi connectivity index (χ2v) is 7.80. The first-order valence-corrected chi connectivity index (χ1v) is 9.47. The first-order valence-electron chi connectivity index (χ1n) is 7.65. The van der Waals surface area contributed by atoms with E-state index in [2.05, 4.69) is 12.2 Å². The lowest BCUT2D eigenvalue weighted by atomic mass is 10.0. The number of hydrogen-bond donors (Lipinski definition) is 1. The molecule has 1 unspecified atom stereocenters. The standard InChI is InChI=1S/C16H26FNO2S/c1-3-11-18-15(9-7-12-21(19,20)4-2)13-14-8-5-6-10-16(14)17/h5-6,8,10,15,18H,3-4,7,9,11-13H2,1-2H3. The summed E-state index contributed by atoms with van der Waals surface area (Å²) in [5.41, 5.74) is 0.685. The van der Waals surface area contributed by atoms with Gasteiger partial charge in [-0.15, -0.1) is 0 Å². The molecular weight excluding hydrogens is 289 g/mol. The van der Waals surface area contributed by atoms with Crippen molar-refractivity contribution in [2.45, 2.75) is 45.6 Å². The monoisotopic (exact) mass is 315 g/mol. The fourth-order valence-electron chi connectivity index (χ4n) is 2.25. The maximum absolute atomic E-state index is 13.7. The van der Waals surface area contributed by atoms with Crippen LogP contribution in [-0.2, 0) is 16.3 Å². The quantitative estimate of drug-likeness (QED) is 0.722. The Bertz CT molecular complexity index is 517. The zero-order valence-electron chi connectivity index (χ0n) is 12.9. The van der Waals surface area contributed by atoms with Crippen LogP contribution in [0.1, 0.15) is 38.7 Å². The summed E-state index contributed by atoms with van der Waals surface area (Å²) in [5.74, 6) is 0.209. The molecule has 0 aliphatic rings. The number of sulfone groups is 1. The Hall–Kier alpha value is -0.940. The van der Waals surface area contributed by atoms with Crippen LogP contribution < -0.4 is 5.32 Å². The maximum Gasteiger partial charge on any atom is 0.150 e. The molecule has 0 aliphatic heterocycles. The summed E-state index contributed by atoms with van der Waals surface area (Å²) in [6, 6.07) is 6.89. The lowest BCUT2D eigenvalue weighted by molar-refractivity contribution is 0.463. The van der Waals surface area contributed by atoms with Crippen molar-refractivity contribution >= 4 is 9.84 Å². The molecule has 0 aromatic heterocycles. The third-order valence-electron chi connectivity index (χ3n) is 3.55. The Kier molecular flexibility index (Phi) is 7.89. The van der Waals surface area contributed by atoms with Gasteiger partial charge in [-0.1, -0.05) is 32.0 Å². The molecule has 1 rings (SSSR count). The molecule has 0 fully saturated rings. The minimum Gasteiger partial charge on any atom is -0.314 e. The first-order chi connectivity index (χ1) is 9.98. The normalized spacial score (nSPS) is 13.3. The van der Waals surface area contributed by atoms with Gasteiger partial charge in [0.1, 0.15) is 15.7 Å². The topological polar surface area (TPSA) is 46.2 Å². The van der Waals surface area contributed by atoms with E-state index in [-0.39, 0.29) is 23.4 Å². The van der Waals surface area contributed by atoms with Crippen LogP contribution >= 0.6 is 0 Å². The highest BCUT2D eigenvalue weighted by atomic mass is 32.2. The molecule has 0 saturated heterocycles. The summed E-state index contributed by atoms with van der Waals surface area (Å²) in [6.45, 7) is 4.61. The lowest BCUT2D eigenvalue weighted by Gasteiger charge is -2.19. The number of hydrogen-bond acceptors (Lipinski definition) is 3. The number of halogens is 1. The largest absolute Gasteiger partial charge is 0.314 e. The van der Waals surface area contributed by atoms with E-state index in [0.29, 0.717) is 18.4 Å². The van der Waals surface area contributed by atoms with Gasteiger partial charge in [0.25, 0.3) is 0 Å². The Balaban J connectivity index is 2.57. The zero-order valence-corrected chi connectivity index (χ0v) is 13.8. The van der Waals surface area contributed by atoms with Crippen molar-refractivity contribution in [3.05, 3.63) is 35.6 Å². The summed E-state index contributed by atoms with van der Waals surface area (Å²) < 4.78 is 36.8. The number of nitrogens with one attached hydrogen (secondary N) is 1. The molecule has 21 heavy (non-hydrogen) atoms. The maximum atomic E-state index is 13.7. The van der Waals surface area contributed by atoms with Crippen LogP contribution in [-0.4, -0.2) is 32.5 Å². The molecule has 0 amide bonds. The molecule has 5 heteroatoms. The molecule has 3 nitrogen and oxygen atoms in total. The average molecular weight is 315 g/mol. The van der Waals surface area contributed by atoms with Crippen molar-refractivity contribution in [3.8, 4) is 0 Å². The Morgan fingerprint density at radius 1 is 1.24 bits per heavy atom. The smallest absolute Gasteiger partial charge is 0.150 e. The minimum atomic E-state index is -2.92. The number of rotatable bonds is 10. The molecule has 0 radical (unpaired) electrons. The molecular formula is C16H26FNO2S. The summed E-state index contributed by atoms with van der Waals surface area (Å²) in [4.78, 5) is 0. The van der Waals surface area contributed by atoms with Gasteiger partial charge >= 0.3 is 0 Å². The van der Waals surface area contributed by atoms with Gasteiger partial charge in [0.15, 0.2) is 0 Å². The van der Waals surface area contributed by atoms with Crippen molar-refractivity contribution in [1.29, 1.82) is 0 Å². The van der Waals surface area contributed by atoms with Gasteiger partial charge in [-0.3, -0.25) is 0 Å². The van der Waals surface area contributed by atoms with E-state index in [0.717, 1.165) is 19.4 Å². The summed E-state index contributed by atoms with van der Waals surface area (Å²) >= 11 is 0. The van der Waals surface area contributed by atoms with Crippen LogP contribution in [0.3, 0.4) is 0 Å². The predicted octanol–water partition coefficient (Wildman–Crippen LogP) is 2.95. The fraction of sp³-hybridized carbons (Fsp3) is 0.625. The van der Waals surface area contributed by atoms with E-state index < -0.39 is 9.84 Å². The van der Waals surface area contributed by atoms with Crippen molar-refractivity contribution in [2.75, 3.05) is 18.1 Å². The third-order valence-corrected chi connectivity index (χ3v) is 5.35. The van der Waals surface area contributed by atoms with Gasteiger partial charge in [-0.05, 0) is 43.9 Å². The average Bonchev–Trinajstić information content (AvgIpc) is 2.46. The molecule has 1 N–H and O–H groups in total. The highest BCUT2D eigenvalue weighted by molar-refractivity contribution is 7.91. The van der Waals surface area contributed by atoms with Crippen LogP contribution in [0.4, 0.5) is 4.39 Å². The zero-order chi connectivity index (χ0) is 15.7. The fourth-order valence-corrected chi connectivity index (χ4v) is 3.14. The van der Waals surface area contributed by atoms with E-state index in [4.69, 9.17) is 0 Å². The highest BCUT2D eigenvalue weighted by Gasteiger charge is 2.14. The van der Waals surface area contributed by atoms with Gasteiger partial charge in [0.2, 0.25) is 0 Å². The van der Waals surface area contributed by atoms with E-state index in [1.807, 2.05) is 6.07 Å². The van der Waals surface area contributed by atoms with Crippen molar-refractivity contribution in [3.63, 3.8) is 0 Å². The van der Waals surface area contributed by atoms with Gasteiger partial charge in [0, 0.05) is 11.8 Å². The number of benzene rings is 1. The van der Waals surface area contributed by atoms with Gasteiger partial charge < -0.3 is 5.32 Å². The summed E-state index contributed by atoms with van der Waals surface area (Å²) in [5, 5.41) is 3.39. The predicted molar refractivity (Wildman–Crippen MR) is 85.7 cm³/mol. The van der Waals surface area contributed by atoms with E-state index in [1.165, 1.54) is 6.07 Å². The van der Waals surface area contributed by atoms with Gasteiger partial charge in [-0.25, -0.2) is 12.8 Å². The van der Waals surface area contributed by atoms with E-state index in [1.54, 1.807) is 19.1 Å². The minimum absolute atomic E-state index is 0.119. The second-order valence-electron chi connectivity index (χ2n) is 5.33. The molecule has 1 aromatic carbocycles. The SMILES string of the molecule is CCCNC(CCCS(=O)(=O)CC)Cc1ccccc1F. The van der Waals surface area contributed by atoms with Crippen LogP contribution in [0.2, 0.25) is 0 Å². The van der Waals surface area contributed by atoms with Crippen LogP contribution in [0.15, 0.2) is 24.3 Å². The van der Waals surface area contributed by atoms with Crippen LogP contribution in [0, 0.1) is 5.82 Å². The van der Waals surface area contributed by atoms with E-state index >= 15 is 0 Å². The summed E-state index contributed by atoms with van der Waals surface area (Å²) in [7, 11) is -2.92. The molecule has 0 spiro atoms. The van der Waals surface area contributed by atoms with Crippen molar-refractivity contribution < 1.29 is 12.8 Å².